The molecule has 2 atom stereocenters. The molecule has 246 valence electrons. The van der Waals surface area contributed by atoms with Crippen molar-refractivity contribution in [2.45, 2.75) is 24.9 Å². The Morgan fingerprint density at radius 3 is 2.20 bits per heavy atom. The first kappa shape index (κ1) is 30.6. The molecule has 0 fully saturated rings. The minimum absolute atomic E-state index is 0.0855. The molecule has 1 aromatic heterocycles. The molecule has 0 bridgehead atoms. The number of allylic oxidation sites excluding steroid dienone is 1. The Morgan fingerprint density at radius 1 is 0.667 bits per heavy atom. The Hall–Kier alpha value is -6.46. The van der Waals surface area contributed by atoms with Gasteiger partial charge in [-0.1, -0.05) is 140 Å². The number of hydrogen-bond donors (Lipinski definition) is 1. The van der Waals surface area contributed by atoms with Gasteiger partial charge in [0.25, 0.3) is 0 Å². The van der Waals surface area contributed by atoms with Crippen molar-refractivity contribution in [1.82, 2.24) is 0 Å². The van der Waals surface area contributed by atoms with E-state index in [9.17, 15) is 0 Å². The van der Waals surface area contributed by atoms with E-state index in [-0.39, 0.29) is 12.0 Å². The Balaban J connectivity index is 1.06. The first-order chi connectivity index (χ1) is 25.1. The van der Waals surface area contributed by atoms with Crippen LogP contribution in [0.4, 0.5) is 0 Å². The van der Waals surface area contributed by atoms with Crippen LogP contribution < -0.4 is 10.5 Å². The molecule has 0 radical (unpaired) electrons. The number of amidine groups is 2. The second-order valence-electron chi connectivity index (χ2n) is 13.1. The summed E-state index contributed by atoms with van der Waals surface area (Å²) < 4.78 is 13.0. The Morgan fingerprint density at radius 2 is 1.35 bits per heavy atom. The number of benzene rings is 6. The molecule has 2 aliphatic rings. The van der Waals surface area contributed by atoms with Gasteiger partial charge in [-0.05, 0) is 53.3 Å². The largest absolute Gasteiger partial charge is 0.488 e. The van der Waals surface area contributed by atoms with Crippen LogP contribution in [0.3, 0.4) is 0 Å². The fourth-order valence-electron chi connectivity index (χ4n) is 7.49. The molecular weight excluding hydrogens is 627 g/mol. The molecule has 0 spiro atoms. The zero-order valence-corrected chi connectivity index (χ0v) is 28.0. The van der Waals surface area contributed by atoms with E-state index in [1.54, 1.807) is 0 Å². The molecule has 2 N–H and O–H groups in total. The number of nitrogens with two attached hydrogens (primary N) is 1. The third kappa shape index (κ3) is 5.63. The highest BCUT2D eigenvalue weighted by molar-refractivity contribution is 6.13. The van der Waals surface area contributed by atoms with Crippen LogP contribution in [0.1, 0.15) is 46.6 Å². The summed E-state index contributed by atoms with van der Waals surface area (Å²) in [7, 11) is 0. The lowest BCUT2D eigenvalue weighted by Gasteiger charge is -2.24. The number of para-hydroxylation sites is 2. The highest BCUT2D eigenvalue weighted by Crippen LogP contribution is 2.50. The smallest absolute Gasteiger partial charge is 0.162 e. The summed E-state index contributed by atoms with van der Waals surface area (Å²) in [5.74, 6) is 1.97. The van der Waals surface area contributed by atoms with Crippen molar-refractivity contribution < 1.29 is 9.15 Å². The van der Waals surface area contributed by atoms with E-state index < -0.39 is 0 Å². The van der Waals surface area contributed by atoms with E-state index in [1.807, 2.05) is 84.9 Å². The molecule has 7 aromatic rings. The topological polar surface area (TPSA) is 73.1 Å². The molecule has 2 unspecified atom stereocenters. The van der Waals surface area contributed by atoms with Crippen LogP contribution >= 0.6 is 0 Å². The lowest BCUT2D eigenvalue weighted by molar-refractivity contribution is 0.207. The number of hydrogen-bond acceptors (Lipinski definition) is 3. The normalized spacial score (nSPS) is 17.1. The van der Waals surface area contributed by atoms with Crippen molar-refractivity contribution in [2.75, 3.05) is 0 Å². The summed E-state index contributed by atoms with van der Waals surface area (Å²) in [6, 6.07) is 49.1. The number of nitrogens with zero attached hydrogens (tertiary/aromatic N) is 2. The van der Waals surface area contributed by atoms with Crippen LogP contribution in [0.15, 0.2) is 173 Å². The van der Waals surface area contributed by atoms with Gasteiger partial charge < -0.3 is 14.9 Å². The van der Waals surface area contributed by atoms with Gasteiger partial charge in [-0.2, -0.15) is 0 Å². The lowest BCUT2D eigenvalue weighted by Crippen LogP contribution is -2.21. The zero-order chi connectivity index (χ0) is 34.3. The van der Waals surface area contributed by atoms with E-state index >= 15 is 0 Å². The Bertz CT molecular complexity index is 2540. The average molecular weight is 662 g/mol. The van der Waals surface area contributed by atoms with E-state index in [2.05, 4.69) is 73.3 Å². The minimum Gasteiger partial charge on any atom is -0.488 e. The summed E-state index contributed by atoms with van der Waals surface area (Å²) in [4.78, 5) is 9.69. The van der Waals surface area contributed by atoms with Crippen molar-refractivity contribution in [2.24, 2.45) is 15.7 Å². The molecule has 5 nitrogen and oxygen atoms in total. The standard InChI is InChI=1S/C46H35N3O2/c1-29(30-13-4-2-5-14-30)48-46(31-15-6-3-7-16-31)49-45(47)34-18-10-17-32(27-34)36-21-11-22-37-39-28-33(25-26-41(39)51-44(36)37)35-20-12-24-42-43(35)38-19-8-9-23-40(38)50-42/h2-24,27-28,39,41H,1,25-26H2,(H2,47,48,49). The molecule has 0 saturated heterocycles. The summed E-state index contributed by atoms with van der Waals surface area (Å²) in [6.45, 7) is 4.21. The fourth-order valence-corrected chi connectivity index (χ4v) is 7.49. The van der Waals surface area contributed by atoms with Gasteiger partial charge in [0.15, 0.2) is 5.84 Å². The van der Waals surface area contributed by atoms with Crippen molar-refractivity contribution in [3.05, 3.63) is 186 Å². The second-order valence-corrected chi connectivity index (χ2v) is 13.1. The third-order valence-electron chi connectivity index (χ3n) is 9.98. The maximum absolute atomic E-state index is 6.78. The maximum Gasteiger partial charge on any atom is 0.162 e. The molecule has 5 heteroatoms. The van der Waals surface area contributed by atoms with Gasteiger partial charge in [0.05, 0.1) is 5.70 Å². The molecule has 0 saturated carbocycles. The van der Waals surface area contributed by atoms with Crippen molar-refractivity contribution >= 4 is 44.9 Å². The van der Waals surface area contributed by atoms with Crippen LogP contribution in [-0.2, 0) is 0 Å². The Labute approximate surface area is 296 Å². The van der Waals surface area contributed by atoms with Gasteiger partial charge >= 0.3 is 0 Å². The summed E-state index contributed by atoms with van der Waals surface area (Å²) in [5.41, 5.74) is 17.6. The Kier molecular flexibility index (Phi) is 7.66. The molecule has 6 aromatic carbocycles. The number of furan rings is 1. The monoisotopic (exact) mass is 661 g/mol. The summed E-state index contributed by atoms with van der Waals surface area (Å²) in [6.07, 6.45) is 4.39. The minimum atomic E-state index is 0.0855. The number of rotatable bonds is 6. The van der Waals surface area contributed by atoms with E-state index in [4.69, 9.17) is 24.9 Å². The third-order valence-corrected chi connectivity index (χ3v) is 9.98. The molecule has 1 aliphatic heterocycles. The highest BCUT2D eigenvalue weighted by atomic mass is 16.5. The second kappa shape index (κ2) is 12.8. The average Bonchev–Trinajstić information content (AvgIpc) is 3.76. The van der Waals surface area contributed by atoms with Gasteiger partial charge in [0, 0.05) is 38.9 Å². The van der Waals surface area contributed by atoms with Crippen molar-refractivity contribution in [3.8, 4) is 16.9 Å². The SMILES string of the molecule is C=C(N=C(N=C(N)c1cccc(-c2cccc3c2OC2CCC(c4cccc5oc6ccccc6c45)=CC32)c1)c1ccccc1)c1ccccc1. The van der Waals surface area contributed by atoms with Gasteiger partial charge in [-0.3, -0.25) is 0 Å². The predicted octanol–water partition coefficient (Wildman–Crippen LogP) is 10.8. The zero-order valence-electron chi connectivity index (χ0n) is 28.0. The quantitative estimate of drug-likeness (QED) is 0.142. The van der Waals surface area contributed by atoms with Crippen molar-refractivity contribution in [1.29, 1.82) is 0 Å². The molecule has 0 amide bonds. The number of fused-ring (bicyclic) bond motifs is 6. The first-order valence-corrected chi connectivity index (χ1v) is 17.3. The first-order valence-electron chi connectivity index (χ1n) is 17.3. The van der Waals surface area contributed by atoms with Crippen LogP contribution in [0.2, 0.25) is 0 Å². The number of aliphatic imine (C=N–C) groups is 2. The van der Waals surface area contributed by atoms with Crippen LogP contribution in [0, 0.1) is 0 Å². The molecule has 9 rings (SSSR count). The summed E-state index contributed by atoms with van der Waals surface area (Å²) in [5, 5.41) is 2.34. The maximum atomic E-state index is 6.78. The molecule has 51 heavy (non-hydrogen) atoms. The lowest BCUT2D eigenvalue weighted by atomic mass is 9.81. The van der Waals surface area contributed by atoms with Crippen molar-refractivity contribution in [3.63, 3.8) is 0 Å². The summed E-state index contributed by atoms with van der Waals surface area (Å²) >= 11 is 0. The van der Waals surface area contributed by atoms with Gasteiger partial charge in [-0.15, -0.1) is 0 Å². The highest BCUT2D eigenvalue weighted by Gasteiger charge is 2.37. The molecular formula is C46H35N3O2. The van der Waals surface area contributed by atoms with Gasteiger partial charge in [0.2, 0.25) is 0 Å². The van der Waals surface area contributed by atoms with Gasteiger partial charge in [-0.25, -0.2) is 9.98 Å². The van der Waals surface area contributed by atoms with Crippen LogP contribution in [0.5, 0.6) is 5.75 Å². The predicted molar refractivity (Wildman–Crippen MR) is 209 cm³/mol. The van der Waals surface area contributed by atoms with Gasteiger partial charge in [0.1, 0.15) is 28.9 Å². The number of ether oxygens (including phenoxy) is 1. The van der Waals surface area contributed by atoms with E-state index in [0.29, 0.717) is 17.4 Å². The molecule has 2 heterocycles. The van der Waals surface area contributed by atoms with Crippen LogP contribution in [0.25, 0.3) is 44.3 Å². The fraction of sp³-hybridized carbons (Fsp3) is 0.0870. The van der Waals surface area contributed by atoms with E-state index in [1.165, 1.54) is 22.1 Å². The van der Waals surface area contributed by atoms with E-state index in [0.717, 1.165) is 63.0 Å². The van der Waals surface area contributed by atoms with Crippen LogP contribution in [-0.4, -0.2) is 17.8 Å². The molecule has 1 aliphatic carbocycles.